The Hall–Kier alpha value is -3.08. The molecule has 0 heterocycles. The van der Waals surface area contributed by atoms with E-state index in [0.29, 0.717) is 12.0 Å². The van der Waals surface area contributed by atoms with Crippen molar-refractivity contribution in [3.63, 3.8) is 0 Å². The van der Waals surface area contributed by atoms with Gasteiger partial charge in [-0.05, 0) is 65.7 Å². The zero-order valence-corrected chi connectivity index (χ0v) is 26.7. The second kappa shape index (κ2) is 11.7. The van der Waals surface area contributed by atoms with Crippen molar-refractivity contribution < 1.29 is 44.3 Å². The molecule has 1 aromatic carbocycles. The van der Waals surface area contributed by atoms with Gasteiger partial charge in [-0.15, -0.1) is 0 Å². The number of esters is 1. The predicted molar refractivity (Wildman–Crippen MR) is 162 cm³/mol. The van der Waals surface area contributed by atoms with Crippen LogP contribution in [-0.2, 0) is 25.5 Å². The fraction of sp³-hybridized carbons (Fsp3) is 0.647. The molecule has 0 saturated heterocycles. The lowest BCUT2D eigenvalue weighted by atomic mass is 9.39. The van der Waals surface area contributed by atoms with Crippen molar-refractivity contribution in [2.75, 3.05) is 6.61 Å². The van der Waals surface area contributed by atoms with Gasteiger partial charge in [0.05, 0.1) is 24.2 Å². The van der Waals surface area contributed by atoms with E-state index in [4.69, 9.17) is 10.5 Å². The number of ketones is 2. The van der Waals surface area contributed by atoms with Gasteiger partial charge < -0.3 is 30.9 Å². The molecule has 2 saturated carbocycles. The number of aliphatic hydroxyl groups excluding tert-OH is 2. The third-order valence-corrected chi connectivity index (χ3v) is 10.6. The van der Waals surface area contributed by atoms with Crippen molar-refractivity contribution >= 4 is 29.5 Å². The fourth-order valence-electron chi connectivity index (χ4n) is 8.81. The molecule has 8 atom stereocenters. The minimum atomic E-state index is -2.57. The van der Waals surface area contributed by atoms with Crippen LogP contribution in [0.15, 0.2) is 12.1 Å². The number of carbonyl (C=O) groups excluding carboxylic acids is 4. The highest BCUT2D eigenvalue weighted by Crippen LogP contribution is 2.66. The lowest BCUT2D eigenvalue weighted by molar-refractivity contribution is -0.265. The molecular weight excluding hydrogens is 566 g/mol. The second-order valence-electron chi connectivity index (χ2n) is 14.2. The lowest BCUT2D eigenvalue weighted by Gasteiger charge is -2.66. The van der Waals surface area contributed by atoms with Crippen LogP contribution in [0, 0.1) is 34.5 Å². The maximum atomic E-state index is 14.5. The van der Waals surface area contributed by atoms with Crippen LogP contribution in [0.1, 0.15) is 101 Å². The van der Waals surface area contributed by atoms with Crippen LogP contribution in [0.5, 0.6) is 5.75 Å². The monoisotopic (exact) mass is 613 g/mol. The summed E-state index contributed by atoms with van der Waals surface area (Å²) in [6.45, 7) is 13.2. The summed E-state index contributed by atoms with van der Waals surface area (Å²) in [6.07, 6.45) is 1.01. The first-order valence-corrected chi connectivity index (χ1v) is 15.6. The molecule has 10 heteroatoms. The van der Waals surface area contributed by atoms with Gasteiger partial charge in [-0.25, -0.2) is 4.79 Å². The third-order valence-electron chi connectivity index (χ3n) is 10.6. The van der Waals surface area contributed by atoms with Crippen molar-refractivity contribution in [1.29, 1.82) is 0 Å². The molecule has 0 aromatic heterocycles. The molecule has 0 bridgehead atoms. The van der Waals surface area contributed by atoms with Gasteiger partial charge in [-0.1, -0.05) is 54.9 Å². The molecule has 2 unspecified atom stereocenters. The number of Topliss-reactive ketones (excluding diaryl/α,β-unsaturated/α-hetero) is 2. The van der Waals surface area contributed by atoms with E-state index < -0.39 is 69.8 Å². The average molecular weight is 614 g/mol. The smallest absolute Gasteiger partial charge is 0.330 e. The molecule has 6 N–H and O–H groups in total. The van der Waals surface area contributed by atoms with E-state index >= 15 is 0 Å². The van der Waals surface area contributed by atoms with Gasteiger partial charge in [-0.3, -0.25) is 14.4 Å². The average Bonchev–Trinajstić information content (AvgIpc) is 2.89. The Kier molecular flexibility index (Phi) is 8.98. The van der Waals surface area contributed by atoms with Crippen molar-refractivity contribution in [1.82, 2.24) is 0 Å². The number of ether oxygens (including phenoxy) is 1. The Morgan fingerprint density at radius 3 is 2.34 bits per heavy atom. The summed E-state index contributed by atoms with van der Waals surface area (Å²) in [5, 5.41) is 47.0. The number of phenolic OH excluding ortho intramolecular Hbond substituents is 1. The molecule has 3 aliphatic carbocycles. The third kappa shape index (κ3) is 4.90. The van der Waals surface area contributed by atoms with Gasteiger partial charge in [0.25, 0.3) is 0 Å². The number of carbonyl (C=O) groups is 4. The molecule has 1 aromatic rings. The van der Waals surface area contributed by atoms with Gasteiger partial charge >= 0.3 is 5.97 Å². The summed E-state index contributed by atoms with van der Waals surface area (Å²) in [6, 6.07) is 1.74. The van der Waals surface area contributed by atoms with Crippen LogP contribution < -0.4 is 5.73 Å². The Labute approximate surface area is 258 Å². The maximum absolute atomic E-state index is 14.5. The molecule has 3 aliphatic rings. The molecule has 0 spiro atoms. The Balaban J connectivity index is 1.89. The van der Waals surface area contributed by atoms with Crippen molar-refractivity contribution in [2.45, 2.75) is 97.9 Å². The Morgan fingerprint density at radius 2 is 1.80 bits per heavy atom. The quantitative estimate of drug-likeness (QED) is 0.127. The van der Waals surface area contributed by atoms with Gasteiger partial charge in [0.15, 0.2) is 17.2 Å². The number of hydrogen-bond donors (Lipinski definition) is 5. The number of nitrogens with two attached hydrogens (primary N) is 1. The minimum Gasteiger partial charge on any atom is -0.507 e. The van der Waals surface area contributed by atoms with E-state index in [1.807, 2.05) is 27.7 Å². The first-order valence-electron chi connectivity index (χ1n) is 15.6. The zero-order chi connectivity index (χ0) is 33.1. The summed E-state index contributed by atoms with van der Waals surface area (Å²) < 4.78 is 5.17. The highest BCUT2D eigenvalue weighted by Gasteiger charge is 2.76. The molecule has 0 radical (unpaired) electrons. The number of benzene rings is 1. The largest absolute Gasteiger partial charge is 0.507 e. The number of aromatic hydroxyl groups is 1. The van der Waals surface area contributed by atoms with Crippen LogP contribution in [0.3, 0.4) is 0 Å². The Morgan fingerprint density at radius 1 is 1.16 bits per heavy atom. The maximum Gasteiger partial charge on any atom is 0.330 e. The first-order chi connectivity index (χ1) is 20.4. The number of unbranched alkanes of at least 4 members (excludes halogenated alkanes) is 1. The summed E-state index contributed by atoms with van der Waals surface area (Å²) in [4.78, 5) is 53.0. The summed E-state index contributed by atoms with van der Waals surface area (Å²) >= 11 is 0. The van der Waals surface area contributed by atoms with Gasteiger partial charge in [-0.2, -0.15) is 0 Å². The lowest BCUT2D eigenvalue weighted by Crippen LogP contribution is -2.79. The number of primary amides is 1. The summed E-state index contributed by atoms with van der Waals surface area (Å²) in [5.41, 5.74) is 2.12. The number of rotatable bonds is 8. The highest BCUT2D eigenvalue weighted by atomic mass is 16.5. The molecule has 44 heavy (non-hydrogen) atoms. The van der Waals surface area contributed by atoms with Crippen molar-refractivity contribution in [2.24, 2.45) is 40.2 Å². The summed E-state index contributed by atoms with van der Waals surface area (Å²) in [5.74, 6) is -8.13. The number of hydrogen-bond acceptors (Lipinski definition) is 9. The minimum absolute atomic E-state index is 0.0286. The zero-order valence-electron chi connectivity index (χ0n) is 26.7. The van der Waals surface area contributed by atoms with E-state index in [-0.39, 0.29) is 48.2 Å². The highest BCUT2D eigenvalue weighted by molar-refractivity contribution is 6.09. The normalized spacial score (nSPS) is 35.0. The van der Waals surface area contributed by atoms with E-state index in [0.717, 1.165) is 12.0 Å². The molecule has 242 valence electrons. The molecule has 0 aliphatic heterocycles. The number of phenols is 1. The van der Waals surface area contributed by atoms with E-state index in [1.54, 1.807) is 26.8 Å². The topological polar surface area (TPSA) is 184 Å². The molecular formula is C34H47NO9. The molecule has 10 nitrogen and oxygen atoms in total. The molecule has 4 rings (SSSR count). The SMILES string of the molecule is CCCCOC(=O)/C=C/c1cc(C(C)C)c2c(c1O)C(=O)[C@@H]1C(O)[C@@]3(O)C(=O)[C@H](C(N)=O)C(O)[C@H](C(C)C)[C@@]3(C)C[C@@]1(C)C2. The standard InChI is InChI=1S/C34H47NO9/c1-8-9-12-44-21(36)11-10-18-13-19(16(2)3)20-14-32(6)15-33(7)24(17(4)5)28(39)23(31(35)42)29(40)34(33,43)30(41)25(32)27(38)22(20)26(18)37/h10-11,13,16-17,23-25,28,30,37,39,41,43H,8-9,12,14-15H2,1-7H3,(H2,35,42)/b11-10+/t23-,24+,25-,28?,30?,32-,33-,34+/m1/s1. The fourth-order valence-corrected chi connectivity index (χ4v) is 8.81. The molecule has 2 fully saturated rings. The van der Waals surface area contributed by atoms with Crippen molar-refractivity contribution in [3.8, 4) is 5.75 Å². The number of aliphatic hydroxyl groups is 3. The van der Waals surface area contributed by atoms with Crippen LogP contribution in [0.2, 0.25) is 0 Å². The first kappa shape index (κ1) is 33.8. The molecule has 1 amide bonds. The van der Waals surface area contributed by atoms with E-state index in [2.05, 4.69) is 0 Å². The van der Waals surface area contributed by atoms with Gasteiger partial charge in [0.2, 0.25) is 5.91 Å². The van der Waals surface area contributed by atoms with Crippen LogP contribution >= 0.6 is 0 Å². The Bertz CT molecular complexity index is 1400. The second-order valence-corrected chi connectivity index (χ2v) is 14.2. The number of amides is 1. The van der Waals surface area contributed by atoms with Crippen molar-refractivity contribution in [3.05, 3.63) is 34.4 Å². The van der Waals surface area contributed by atoms with E-state index in [9.17, 15) is 39.6 Å². The predicted octanol–water partition coefficient (Wildman–Crippen LogP) is 3.05. The van der Waals surface area contributed by atoms with Gasteiger partial charge in [0.1, 0.15) is 17.8 Å². The van der Waals surface area contributed by atoms with Gasteiger partial charge in [0, 0.05) is 17.1 Å². The summed E-state index contributed by atoms with van der Waals surface area (Å²) in [7, 11) is 0. The number of fused-ring (bicyclic) bond motifs is 3. The van der Waals surface area contributed by atoms with Crippen LogP contribution in [-0.4, -0.2) is 68.3 Å². The van der Waals surface area contributed by atoms with Crippen LogP contribution in [0.25, 0.3) is 6.08 Å². The van der Waals surface area contributed by atoms with E-state index in [1.165, 1.54) is 12.2 Å². The van der Waals surface area contributed by atoms with Crippen LogP contribution in [0.4, 0.5) is 0 Å².